The van der Waals surface area contributed by atoms with Gasteiger partial charge in [-0.2, -0.15) is 0 Å². The van der Waals surface area contributed by atoms with Gasteiger partial charge in [-0.3, -0.25) is 19.1 Å². The second-order valence-electron chi connectivity index (χ2n) is 10.1. The van der Waals surface area contributed by atoms with Gasteiger partial charge < -0.3 is 4.98 Å². The van der Waals surface area contributed by atoms with E-state index in [0.29, 0.717) is 33.2 Å². The zero-order valence-electron chi connectivity index (χ0n) is 21.5. The van der Waals surface area contributed by atoms with E-state index in [2.05, 4.69) is 42.9 Å². The molecule has 0 bridgehead atoms. The number of H-pyrrole nitrogens is 1. The van der Waals surface area contributed by atoms with Crippen molar-refractivity contribution in [2.45, 2.75) is 32.7 Å². The van der Waals surface area contributed by atoms with Crippen molar-refractivity contribution in [1.29, 1.82) is 0 Å². The van der Waals surface area contributed by atoms with Crippen LogP contribution < -0.4 is 16.1 Å². The van der Waals surface area contributed by atoms with E-state index in [1.165, 1.54) is 21.9 Å². The first-order valence-electron chi connectivity index (χ1n) is 12.4. The average Bonchev–Trinajstić information content (AvgIpc) is 3.20. The van der Waals surface area contributed by atoms with Gasteiger partial charge in [0.2, 0.25) is 0 Å². The van der Waals surface area contributed by atoms with Crippen LogP contribution in [0.25, 0.3) is 17.0 Å². The zero-order valence-corrected chi connectivity index (χ0v) is 22.3. The molecule has 0 saturated heterocycles. The number of amidine groups is 1. The summed E-state index contributed by atoms with van der Waals surface area (Å²) < 4.78 is 1.19. The number of aliphatic imine (C=N–C) groups is 1. The van der Waals surface area contributed by atoms with Gasteiger partial charge in [0.25, 0.3) is 11.5 Å². The third-order valence-corrected chi connectivity index (χ3v) is 7.28. The van der Waals surface area contributed by atoms with Gasteiger partial charge >= 0.3 is 5.69 Å². The second-order valence-corrected chi connectivity index (χ2v) is 11.1. The lowest BCUT2D eigenvalue weighted by atomic mass is 9.87. The molecule has 38 heavy (non-hydrogen) atoms. The molecule has 1 aliphatic rings. The molecule has 0 atom stereocenters. The monoisotopic (exact) mass is 524 g/mol. The summed E-state index contributed by atoms with van der Waals surface area (Å²) in [6, 6.07) is 24.4. The Balaban J connectivity index is 1.42. The van der Waals surface area contributed by atoms with E-state index in [4.69, 9.17) is 0 Å². The zero-order chi connectivity index (χ0) is 26.9. The molecular formula is C30H28N4O3S. The predicted octanol–water partition coefficient (Wildman–Crippen LogP) is 5.16. The molecule has 0 unspecified atom stereocenters. The maximum atomic E-state index is 13.5. The van der Waals surface area contributed by atoms with E-state index in [0.717, 1.165) is 5.56 Å². The Labute approximate surface area is 224 Å². The van der Waals surface area contributed by atoms with Crippen molar-refractivity contribution in [3.63, 3.8) is 0 Å². The van der Waals surface area contributed by atoms with Crippen LogP contribution in [0.15, 0.2) is 99.1 Å². The van der Waals surface area contributed by atoms with E-state index >= 15 is 0 Å². The lowest BCUT2D eigenvalue weighted by Gasteiger charge is -2.19. The van der Waals surface area contributed by atoms with Crippen LogP contribution in [0, 0.1) is 0 Å². The highest BCUT2D eigenvalue weighted by atomic mass is 32.2. The smallest absolute Gasteiger partial charge is 0.307 e. The fourth-order valence-electron chi connectivity index (χ4n) is 4.27. The summed E-state index contributed by atoms with van der Waals surface area (Å²) in [6.45, 7) is 6.65. The number of fused-ring (bicyclic) bond motifs is 1. The number of hydrogen-bond donors (Lipinski definition) is 1. The van der Waals surface area contributed by atoms with Crippen molar-refractivity contribution in [2.75, 3.05) is 10.7 Å². The molecule has 0 radical (unpaired) electrons. The number of nitrogens with one attached hydrogen (secondary N) is 1. The molecule has 0 saturated carbocycles. The Hall–Kier alpha value is -4.17. The lowest BCUT2D eigenvalue weighted by Crippen LogP contribution is -2.36. The first-order valence-corrected chi connectivity index (χ1v) is 13.4. The van der Waals surface area contributed by atoms with Crippen molar-refractivity contribution in [2.24, 2.45) is 4.99 Å². The van der Waals surface area contributed by atoms with Gasteiger partial charge in [0.1, 0.15) is 5.70 Å². The highest BCUT2D eigenvalue weighted by Crippen LogP contribution is 2.30. The van der Waals surface area contributed by atoms with Crippen LogP contribution in [0.4, 0.5) is 5.69 Å². The Morgan fingerprint density at radius 3 is 2.29 bits per heavy atom. The lowest BCUT2D eigenvalue weighted by molar-refractivity contribution is -0.113. The quantitative estimate of drug-likeness (QED) is 0.365. The van der Waals surface area contributed by atoms with Crippen molar-refractivity contribution in [3.05, 3.63) is 117 Å². The van der Waals surface area contributed by atoms with Crippen molar-refractivity contribution in [3.8, 4) is 0 Å². The van der Waals surface area contributed by atoms with Crippen LogP contribution in [0.1, 0.15) is 31.9 Å². The molecule has 5 rings (SSSR count). The third-order valence-electron chi connectivity index (χ3n) is 6.36. The van der Waals surface area contributed by atoms with Gasteiger partial charge in [0.15, 0.2) is 5.17 Å². The van der Waals surface area contributed by atoms with E-state index in [9.17, 15) is 14.4 Å². The molecule has 7 nitrogen and oxygen atoms in total. The van der Waals surface area contributed by atoms with E-state index < -0.39 is 5.69 Å². The van der Waals surface area contributed by atoms with Gasteiger partial charge in [0, 0.05) is 12.3 Å². The number of carbonyl (C=O) groups is 1. The summed E-state index contributed by atoms with van der Waals surface area (Å²) in [7, 11) is 0. The number of carbonyl (C=O) groups excluding carboxylic acids is 1. The molecule has 1 aliphatic heterocycles. The van der Waals surface area contributed by atoms with E-state index in [1.807, 2.05) is 42.5 Å². The van der Waals surface area contributed by atoms with Crippen molar-refractivity contribution < 1.29 is 4.79 Å². The normalized spacial score (nSPS) is 14.9. The third kappa shape index (κ3) is 5.13. The Bertz CT molecular complexity index is 1680. The molecule has 8 heteroatoms. The first-order chi connectivity index (χ1) is 18.2. The number of nitrogens with zero attached hydrogens (tertiary/aromatic N) is 3. The van der Waals surface area contributed by atoms with Gasteiger partial charge in [0.05, 0.1) is 16.6 Å². The summed E-state index contributed by atoms with van der Waals surface area (Å²) in [5.74, 6) is 0.156. The minimum Gasteiger partial charge on any atom is -0.307 e. The maximum Gasteiger partial charge on any atom is 0.328 e. The summed E-state index contributed by atoms with van der Waals surface area (Å²) in [5, 5.41) is 0.961. The number of aromatic amines is 1. The van der Waals surface area contributed by atoms with Crippen LogP contribution in [0.2, 0.25) is 0 Å². The molecule has 1 aromatic heterocycles. The molecule has 2 heterocycles. The number of aromatic nitrogens is 2. The molecule has 192 valence electrons. The molecule has 0 aliphatic carbocycles. The predicted molar refractivity (Wildman–Crippen MR) is 156 cm³/mol. The number of rotatable bonds is 5. The number of benzene rings is 3. The second kappa shape index (κ2) is 10.3. The fraction of sp³-hybridized carbons (Fsp3) is 0.200. The first kappa shape index (κ1) is 25.5. The van der Waals surface area contributed by atoms with Crippen LogP contribution in [0.5, 0.6) is 0 Å². The SMILES string of the molecule is CC(C)(C)c1ccc(/C=C2/N=C(SCCn3c(=O)[nH]c4ccccc4c3=O)N(c3ccccc3)C2=O)cc1. The number of anilines is 1. The number of para-hydroxylation sites is 2. The Morgan fingerprint density at radius 1 is 0.895 bits per heavy atom. The molecular weight excluding hydrogens is 496 g/mol. The standard InChI is InChI=1S/C30H28N4O3S/c1-30(2,3)21-15-13-20(14-16-21)19-25-27(36)34(22-9-5-4-6-10-22)29(32-25)38-18-17-33-26(35)23-11-7-8-12-24(23)31-28(33)37/h4-16,19H,17-18H2,1-3H3,(H,31,37)/b25-19+. The summed E-state index contributed by atoms with van der Waals surface area (Å²) >= 11 is 1.33. The van der Waals surface area contributed by atoms with E-state index in [1.54, 1.807) is 35.2 Å². The fourth-order valence-corrected chi connectivity index (χ4v) is 5.20. The molecule has 0 fully saturated rings. The average molecular weight is 525 g/mol. The highest BCUT2D eigenvalue weighted by Gasteiger charge is 2.32. The Morgan fingerprint density at radius 2 is 1.58 bits per heavy atom. The Kier molecular flexibility index (Phi) is 6.91. The van der Waals surface area contributed by atoms with Crippen LogP contribution >= 0.6 is 11.8 Å². The van der Waals surface area contributed by atoms with Gasteiger partial charge in [-0.15, -0.1) is 0 Å². The largest absolute Gasteiger partial charge is 0.328 e. The van der Waals surface area contributed by atoms with E-state index in [-0.39, 0.29) is 23.4 Å². The highest BCUT2D eigenvalue weighted by molar-refractivity contribution is 8.14. The topological polar surface area (TPSA) is 87.5 Å². The van der Waals surface area contributed by atoms with Gasteiger partial charge in [-0.05, 0) is 46.9 Å². The number of hydrogen-bond acceptors (Lipinski definition) is 5. The molecule has 1 amide bonds. The molecule has 4 aromatic rings. The van der Waals surface area contributed by atoms with Crippen LogP contribution in [-0.4, -0.2) is 26.4 Å². The van der Waals surface area contributed by atoms with Crippen molar-refractivity contribution in [1.82, 2.24) is 9.55 Å². The number of amides is 1. The summed E-state index contributed by atoms with van der Waals surface area (Å²) in [4.78, 5) is 47.9. The minimum atomic E-state index is -0.460. The summed E-state index contributed by atoms with van der Waals surface area (Å²) in [5.41, 5.74) is 2.89. The summed E-state index contributed by atoms with van der Waals surface area (Å²) in [6.07, 6.45) is 1.79. The van der Waals surface area contributed by atoms with Crippen LogP contribution in [-0.2, 0) is 16.8 Å². The van der Waals surface area contributed by atoms with Crippen molar-refractivity contribution >= 4 is 45.5 Å². The van der Waals surface area contributed by atoms with Gasteiger partial charge in [-0.25, -0.2) is 9.79 Å². The maximum absolute atomic E-state index is 13.5. The molecule has 1 N–H and O–H groups in total. The molecule has 0 spiro atoms. The minimum absolute atomic E-state index is 0.0373. The van der Waals surface area contributed by atoms with Crippen LogP contribution in [0.3, 0.4) is 0 Å². The number of thioether (sulfide) groups is 1. The van der Waals surface area contributed by atoms with Gasteiger partial charge in [-0.1, -0.05) is 87.1 Å². The molecule has 3 aromatic carbocycles.